The van der Waals surface area contributed by atoms with Gasteiger partial charge in [0.1, 0.15) is 0 Å². The third-order valence-corrected chi connectivity index (χ3v) is 1.47. The quantitative estimate of drug-likeness (QED) is 0.406. The Labute approximate surface area is 64.2 Å². The van der Waals surface area contributed by atoms with Crippen molar-refractivity contribution < 1.29 is 4.74 Å². The summed E-state index contributed by atoms with van der Waals surface area (Å²) in [6.45, 7) is 5.50. The Morgan fingerprint density at radius 2 is 2.50 bits per heavy atom. The molecule has 0 N–H and O–H groups in total. The van der Waals surface area contributed by atoms with Gasteiger partial charge in [-0.3, -0.25) is 0 Å². The first kappa shape index (κ1) is 8.27. The van der Waals surface area contributed by atoms with Crippen LogP contribution in [0.25, 0.3) is 0 Å². The summed E-state index contributed by atoms with van der Waals surface area (Å²) in [7, 11) is 0. The van der Waals surface area contributed by atoms with Gasteiger partial charge >= 0.3 is 0 Å². The van der Waals surface area contributed by atoms with Crippen molar-refractivity contribution in [1.82, 2.24) is 0 Å². The molecule has 1 nitrogen and oxygen atoms in total. The minimum absolute atomic E-state index is 0.337. The summed E-state index contributed by atoms with van der Waals surface area (Å²) < 4.78 is 6.19. The Morgan fingerprint density at radius 1 is 1.88 bits per heavy atom. The Kier molecular flexibility index (Phi) is 5.59. The summed E-state index contributed by atoms with van der Waals surface area (Å²) in [5, 5.41) is 0. The maximum absolute atomic E-state index is 5.04. The molecule has 0 saturated heterocycles. The third kappa shape index (κ3) is 4.43. The number of alkyl halides is 1. The second kappa shape index (κ2) is 5.41. The molecule has 0 heterocycles. The molecule has 0 aromatic heterocycles. The number of rotatable bonds is 4. The van der Waals surface area contributed by atoms with Crippen molar-refractivity contribution in [2.24, 2.45) is 0 Å². The topological polar surface area (TPSA) is 9.23 Å². The lowest BCUT2D eigenvalue weighted by molar-refractivity contribution is 0.161. The van der Waals surface area contributed by atoms with Gasteiger partial charge in [-0.2, -0.15) is 0 Å². The van der Waals surface area contributed by atoms with Crippen LogP contribution in [-0.2, 0) is 4.74 Å². The van der Waals surface area contributed by atoms with Gasteiger partial charge in [-0.1, -0.05) is 29.2 Å². The van der Waals surface area contributed by atoms with Crippen molar-refractivity contribution in [3.63, 3.8) is 0 Å². The van der Waals surface area contributed by atoms with E-state index in [-0.39, 0.29) is 0 Å². The summed E-state index contributed by atoms with van der Waals surface area (Å²) in [5.41, 5.74) is 0. The highest BCUT2D eigenvalue weighted by atomic mass is 127. The predicted octanol–water partition coefficient (Wildman–Crippen LogP) is 2.36. The molecular formula is C6H11IO. The molecule has 48 valence electrons. The predicted molar refractivity (Wildman–Crippen MR) is 44.2 cm³/mol. The fraction of sp³-hybridized carbons (Fsp3) is 0.667. The van der Waals surface area contributed by atoms with E-state index in [0.717, 1.165) is 10.8 Å². The van der Waals surface area contributed by atoms with Crippen LogP contribution < -0.4 is 0 Å². The van der Waals surface area contributed by atoms with Crippen molar-refractivity contribution in [2.75, 3.05) is 4.43 Å². The van der Waals surface area contributed by atoms with Crippen LogP contribution in [0, 0.1) is 0 Å². The maximum atomic E-state index is 5.04. The molecule has 0 spiro atoms. The normalized spacial score (nSPS) is 12.8. The molecule has 0 bridgehead atoms. The van der Waals surface area contributed by atoms with Crippen molar-refractivity contribution in [2.45, 2.75) is 19.4 Å². The van der Waals surface area contributed by atoms with Gasteiger partial charge < -0.3 is 4.74 Å². The van der Waals surface area contributed by atoms with Crippen LogP contribution >= 0.6 is 22.6 Å². The molecule has 0 rings (SSSR count). The van der Waals surface area contributed by atoms with Crippen molar-refractivity contribution in [3.8, 4) is 0 Å². The molecule has 0 amide bonds. The largest absolute Gasteiger partial charge is 0.499 e. The van der Waals surface area contributed by atoms with E-state index in [9.17, 15) is 0 Å². The van der Waals surface area contributed by atoms with Crippen LogP contribution in [0.2, 0.25) is 0 Å². The van der Waals surface area contributed by atoms with Crippen LogP contribution in [0.5, 0.6) is 0 Å². The van der Waals surface area contributed by atoms with Gasteiger partial charge in [0.25, 0.3) is 0 Å². The van der Waals surface area contributed by atoms with Crippen molar-refractivity contribution >= 4 is 22.6 Å². The minimum Gasteiger partial charge on any atom is -0.499 e. The van der Waals surface area contributed by atoms with Crippen LogP contribution in [0.3, 0.4) is 0 Å². The SMILES string of the molecule is C=COC(C)CCI. The molecule has 0 aromatic rings. The Hall–Kier alpha value is 0.270. The summed E-state index contributed by atoms with van der Waals surface area (Å²) in [6, 6.07) is 0. The number of halogens is 1. The lowest BCUT2D eigenvalue weighted by Gasteiger charge is -2.06. The summed E-state index contributed by atoms with van der Waals surface area (Å²) >= 11 is 2.33. The molecule has 0 aliphatic carbocycles. The molecule has 0 radical (unpaired) electrons. The zero-order valence-electron chi connectivity index (χ0n) is 5.06. The molecule has 0 aromatic carbocycles. The van der Waals surface area contributed by atoms with Crippen molar-refractivity contribution in [1.29, 1.82) is 0 Å². The zero-order valence-corrected chi connectivity index (χ0v) is 7.22. The van der Waals surface area contributed by atoms with E-state index < -0.39 is 0 Å². The Morgan fingerprint density at radius 3 is 2.88 bits per heavy atom. The van der Waals surface area contributed by atoms with Gasteiger partial charge in [0.2, 0.25) is 0 Å². The fourth-order valence-electron chi connectivity index (χ4n) is 0.386. The van der Waals surface area contributed by atoms with E-state index >= 15 is 0 Å². The average molecular weight is 226 g/mol. The van der Waals surface area contributed by atoms with Crippen LogP contribution in [0.15, 0.2) is 12.8 Å². The monoisotopic (exact) mass is 226 g/mol. The molecule has 2 heteroatoms. The fourth-order valence-corrected chi connectivity index (χ4v) is 1.26. The first-order valence-electron chi connectivity index (χ1n) is 2.63. The molecule has 0 aliphatic rings. The number of hydrogen-bond donors (Lipinski definition) is 0. The second-order valence-electron chi connectivity index (χ2n) is 1.59. The summed E-state index contributed by atoms with van der Waals surface area (Å²) in [5.74, 6) is 0. The molecular weight excluding hydrogens is 215 g/mol. The van der Waals surface area contributed by atoms with Crippen LogP contribution in [-0.4, -0.2) is 10.5 Å². The molecule has 1 atom stereocenters. The molecule has 1 unspecified atom stereocenters. The first-order chi connectivity index (χ1) is 3.81. The Balaban J connectivity index is 3.03. The number of ether oxygens (including phenoxy) is 1. The summed E-state index contributed by atoms with van der Waals surface area (Å²) in [6.07, 6.45) is 2.94. The van der Waals surface area contributed by atoms with Crippen LogP contribution in [0.1, 0.15) is 13.3 Å². The molecule has 8 heavy (non-hydrogen) atoms. The average Bonchev–Trinajstić information content (AvgIpc) is 1.68. The number of hydrogen-bond acceptors (Lipinski definition) is 1. The molecule has 0 fully saturated rings. The van der Waals surface area contributed by atoms with Gasteiger partial charge in [0.05, 0.1) is 12.4 Å². The van der Waals surface area contributed by atoms with E-state index in [1.54, 1.807) is 0 Å². The van der Waals surface area contributed by atoms with Gasteiger partial charge in [-0.15, -0.1) is 0 Å². The van der Waals surface area contributed by atoms with E-state index in [0.29, 0.717) is 6.10 Å². The lowest BCUT2D eigenvalue weighted by Crippen LogP contribution is -2.03. The standard InChI is InChI=1S/C6H11IO/c1-3-8-6(2)4-5-7/h3,6H,1,4-5H2,2H3. The maximum Gasteiger partial charge on any atom is 0.0957 e. The smallest absolute Gasteiger partial charge is 0.0957 e. The lowest BCUT2D eigenvalue weighted by atomic mass is 10.3. The highest BCUT2D eigenvalue weighted by Crippen LogP contribution is 1.99. The van der Waals surface area contributed by atoms with Gasteiger partial charge in [0, 0.05) is 4.43 Å². The van der Waals surface area contributed by atoms with Gasteiger partial charge in [0.15, 0.2) is 0 Å². The second-order valence-corrected chi connectivity index (χ2v) is 2.67. The zero-order chi connectivity index (χ0) is 6.41. The van der Waals surface area contributed by atoms with Gasteiger partial charge in [-0.05, 0) is 13.3 Å². The highest BCUT2D eigenvalue weighted by molar-refractivity contribution is 14.1. The van der Waals surface area contributed by atoms with E-state index in [1.165, 1.54) is 6.26 Å². The molecule has 0 aliphatic heterocycles. The van der Waals surface area contributed by atoms with Crippen molar-refractivity contribution in [3.05, 3.63) is 12.8 Å². The van der Waals surface area contributed by atoms with Gasteiger partial charge in [-0.25, -0.2) is 0 Å². The third-order valence-electron chi connectivity index (χ3n) is 0.844. The van der Waals surface area contributed by atoms with E-state index in [1.807, 2.05) is 6.92 Å². The van der Waals surface area contributed by atoms with E-state index in [2.05, 4.69) is 29.2 Å². The summed E-state index contributed by atoms with van der Waals surface area (Å²) in [4.78, 5) is 0. The molecule has 0 saturated carbocycles. The van der Waals surface area contributed by atoms with E-state index in [4.69, 9.17) is 4.74 Å². The highest BCUT2D eigenvalue weighted by Gasteiger charge is 1.95. The first-order valence-corrected chi connectivity index (χ1v) is 4.16. The van der Waals surface area contributed by atoms with Crippen LogP contribution in [0.4, 0.5) is 0 Å². The minimum atomic E-state index is 0.337. The Bertz CT molecular complexity index is 63.5.